The molecule has 1 aromatic heterocycles. The molecule has 0 N–H and O–H groups in total. The molecule has 0 aromatic carbocycles. The van der Waals surface area contributed by atoms with Crippen molar-refractivity contribution in [3.63, 3.8) is 0 Å². The first-order chi connectivity index (χ1) is 5.91. The standard InChI is InChI=1S/C6H6F3N3O/c1-12-5(10-3-11-12)2-4(13)6(7,8)9/h3H,2H2,1H3. The number of ketones is 1. The first kappa shape index (κ1) is 9.69. The van der Waals surface area contributed by atoms with E-state index in [0.29, 0.717) is 0 Å². The molecule has 0 aliphatic heterocycles. The number of halogens is 3. The number of nitrogens with zero attached hydrogens (tertiary/aromatic N) is 3. The average molecular weight is 193 g/mol. The van der Waals surface area contributed by atoms with Crippen LogP contribution in [0.5, 0.6) is 0 Å². The lowest BCUT2D eigenvalue weighted by molar-refractivity contribution is -0.170. The van der Waals surface area contributed by atoms with E-state index < -0.39 is 18.4 Å². The number of aryl methyl sites for hydroxylation is 1. The van der Waals surface area contributed by atoms with Crippen molar-refractivity contribution in [2.45, 2.75) is 12.6 Å². The Balaban J connectivity index is 2.71. The molecule has 0 atom stereocenters. The van der Waals surface area contributed by atoms with Crippen LogP contribution in [0.1, 0.15) is 5.82 Å². The van der Waals surface area contributed by atoms with Crippen LogP contribution in [0.2, 0.25) is 0 Å². The molecule has 7 heteroatoms. The Kier molecular flexibility index (Phi) is 2.35. The molecule has 0 saturated heterocycles. The Hall–Kier alpha value is -1.40. The topological polar surface area (TPSA) is 47.8 Å². The van der Waals surface area contributed by atoms with Gasteiger partial charge in [-0.2, -0.15) is 18.3 Å². The summed E-state index contributed by atoms with van der Waals surface area (Å²) in [6.07, 6.45) is -4.47. The molecule has 13 heavy (non-hydrogen) atoms. The van der Waals surface area contributed by atoms with E-state index in [1.807, 2.05) is 0 Å². The summed E-state index contributed by atoms with van der Waals surface area (Å²) in [6.45, 7) is 0. The summed E-state index contributed by atoms with van der Waals surface area (Å²) < 4.78 is 36.4. The van der Waals surface area contributed by atoms with E-state index in [1.165, 1.54) is 7.05 Å². The van der Waals surface area contributed by atoms with Crippen molar-refractivity contribution in [3.8, 4) is 0 Å². The van der Waals surface area contributed by atoms with Crippen molar-refractivity contribution in [2.75, 3.05) is 0 Å². The predicted molar refractivity (Wildman–Crippen MR) is 35.8 cm³/mol. The number of carbonyl (C=O) groups is 1. The Morgan fingerprint density at radius 2 is 2.23 bits per heavy atom. The third-order valence-corrected chi connectivity index (χ3v) is 1.44. The lowest BCUT2D eigenvalue weighted by atomic mass is 10.2. The highest BCUT2D eigenvalue weighted by Gasteiger charge is 2.38. The van der Waals surface area contributed by atoms with Gasteiger partial charge in [0, 0.05) is 7.05 Å². The molecule has 0 fully saturated rings. The van der Waals surface area contributed by atoms with Gasteiger partial charge < -0.3 is 0 Å². The van der Waals surface area contributed by atoms with Gasteiger partial charge in [-0.05, 0) is 0 Å². The maximum atomic E-state index is 11.8. The molecule has 0 saturated carbocycles. The number of hydrogen-bond acceptors (Lipinski definition) is 3. The van der Waals surface area contributed by atoms with Crippen molar-refractivity contribution in [3.05, 3.63) is 12.2 Å². The zero-order chi connectivity index (χ0) is 10.1. The Morgan fingerprint density at radius 3 is 2.62 bits per heavy atom. The Morgan fingerprint density at radius 1 is 1.62 bits per heavy atom. The molecule has 0 aliphatic rings. The maximum Gasteiger partial charge on any atom is 0.450 e. The van der Waals surface area contributed by atoms with E-state index in [4.69, 9.17) is 0 Å². The van der Waals surface area contributed by atoms with Gasteiger partial charge in [0.05, 0.1) is 6.42 Å². The van der Waals surface area contributed by atoms with Crippen LogP contribution in [0.25, 0.3) is 0 Å². The lowest BCUT2D eigenvalue weighted by Gasteiger charge is -2.03. The van der Waals surface area contributed by atoms with Gasteiger partial charge in [0.15, 0.2) is 0 Å². The van der Waals surface area contributed by atoms with E-state index in [0.717, 1.165) is 11.0 Å². The molecule has 1 aromatic rings. The summed E-state index contributed by atoms with van der Waals surface area (Å²) in [4.78, 5) is 14.0. The van der Waals surface area contributed by atoms with E-state index in [1.54, 1.807) is 0 Å². The molecule has 0 unspecified atom stereocenters. The number of hydrogen-bond donors (Lipinski definition) is 0. The van der Waals surface area contributed by atoms with Gasteiger partial charge in [0.2, 0.25) is 5.78 Å². The SMILES string of the molecule is Cn1ncnc1CC(=O)C(F)(F)F. The van der Waals surface area contributed by atoms with Crippen molar-refractivity contribution in [1.82, 2.24) is 14.8 Å². The number of alkyl halides is 3. The zero-order valence-corrected chi connectivity index (χ0v) is 6.67. The van der Waals surface area contributed by atoms with Crippen LogP contribution in [0, 0.1) is 0 Å². The fraction of sp³-hybridized carbons (Fsp3) is 0.500. The highest BCUT2D eigenvalue weighted by atomic mass is 19.4. The highest BCUT2D eigenvalue weighted by molar-refractivity contribution is 5.85. The third kappa shape index (κ3) is 2.27. The normalized spacial score (nSPS) is 11.7. The zero-order valence-electron chi connectivity index (χ0n) is 6.67. The highest BCUT2D eigenvalue weighted by Crippen LogP contribution is 2.17. The summed E-state index contributed by atoms with van der Waals surface area (Å²) in [5.74, 6) is -1.81. The third-order valence-electron chi connectivity index (χ3n) is 1.44. The predicted octanol–water partition coefficient (Wildman–Crippen LogP) is 0.489. The van der Waals surface area contributed by atoms with Crippen molar-refractivity contribution >= 4 is 5.78 Å². The first-order valence-electron chi connectivity index (χ1n) is 3.34. The summed E-state index contributed by atoms with van der Waals surface area (Å²) in [7, 11) is 1.42. The van der Waals surface area contributed by atoms with Gasteiger partial charge in [0.25, 0.3) is 0 Å². The second-order valence-corrected chi connectivity index (χ2v) is 2.40. The average Bonchev–Trinajstić information content (AvgIpc) is 2.34. The van der Waals surface area contributed by atoms with Crippen LogP contribution in [0.4, 0.5) is 13.2 Å². The van der Waals surface area contributed by atoms with Crippen LogP contribution in [0.15, 0.2) is 6.33 Å². The number of Topliss-reactive ketones (excluding diaryl/α,β-unsaturated/α-hetero) is 1. The molecule has 1 heterocycles. The smallest absolute Gasteiger partial charge is 0.289 e. The van der Waals surface area contributed by atoms with Gasteiger partial charge >= 0.3 is 6.18 Å². The van der Waals surface area contributed by atoms with Crippen LogP contribution >= 0.6 is 0 Å². The van der Waals surface area contributed by atoms with Crippen molar-refractivity contribution < 1.29 is 18.0 Å². The molecule has 0 bridgehead atoms. The number of carbonyl (C=O) groups excluding carboxylic acids is 1. The first-order valence-corrected chi connectivity index (χ1v) is 3.34. The number of rotatable bonds is 2. The van der Waals surface area contributed by atoms with Crippen molar-refractivity contribution in [2.24, 2.45) is 7.05 Å². The Labute approximate surface area is 71.4 Å². The molecule has 0 radical (unpaired) electrons. The molecule has 4 nitrogen and oxygen atoms in total. The molecule has 0 amide bonds. The molecule has 1 rings (SSSR count). The van der Waals surface area contributed by atoms with Crippen LogP contribution in [0.3, 0.4) is 0 Å². The van der Waals surface area contributed by atoms with Gasteiger partial charge in [0.1, 0.15) is 12.2 Å². The molecular formula is C6H6F3N3O. The summed E-state index contributed by atoms with van der Waals surface area (Å²) in [5.41, 5.74) is 0. The summed E-state index contributed by atoms with van der Waals surface area (Å²) in [6, 6.07) is 0. The fourth-order valence-corrected chi connectivity index (χ4v) is 0.724. The van der Waals surface area contributed by atoms with Crippen LogP contribution in [-0.2, 0) is 18.3 Å². The number of aromatic nitrogens is 3. The molecule has 72 valence electrons. The minimum absolute atomic E-state index is 0.00215. The quantitative estimate of drug-likeness (QED) is 0.686. The van der Waals surface area contributed by atoms with E-state index in [9.17, 15) is 18.0 Å². The summed E-state index contributed by atoms with van der Waals surface area (Å²) >= 11 is 0. The van der Waals surface area contributed by atoms with Gasteiger partial charge in [-0.1, -0.05) is 0 Å². The van der Waals surface area contributed by atoms with Gasteiger partial charge in [-0.25, -0.2) is 4.98 Å². The maximum absolute atomic E-state index is 11.8. The second-order valence-electron chi connectivity index (χ2n) is 2.40. The monoisotopic (exact) mass is 193 g/mol. The molecule has 0 aliphatic carbocycles. The Bertz CT molecular complexity index is 317. The van der Waals surface area contributed by atoms with Gasteiger partial charge in [-0.15, -0.1) is 0 Å². The van der Waals surface area contributed by atoms with Crippen LogP contribution in [-0.4, -0.2) is 26.7 Å². The van der Waals surface area contributed by atoms with E-state index in [2.05, 4.69) is 10.1 Å². The van der Waals surface area contributed by atoms with Crippen LogP contribution < -0.4 is 0 Å². The van der Waals surface area contributed by atoms with Gasteiger partial charge in [-0.3, -0.25) is 9.48 Å². The van der Waals surface area contributed by atoms with E-state index in [-0.39, 0.29) is 5.82 Å². The largest absolute Gasteiger partial charge is 0.450 e. The molecule has 0 spiro atoms. The fourth-order valence-electron chi connectivity index (χ4n) is 0.724. The lowest BCUT2D eigenvalue weighted by Crippen LogP contribution is -2.25. The van der Waals surface area contributed by atoms with Crippen molar-refractivity contribution in [1.29, 1.82) is 0 Å². The van der Waals surface area contributed by atoms with E-state index >= 15 is 0 Å². The second kappa shape index (κ2) is 3.15. The minimum Gasteiger partial charge on any atom is -0.289 e. The minimum atomic E-state index is -4.80. The summed E-state index contributed by atoms with van der Waals surface area (Å²) in [5, 5.41) is 3.54. The molecular weight excluding hydrogens is 187 g/mol.